The second-order valence-corrected chi connectivity index (χ2v) is 4.04. The zero-order valence-corrected chi connectivity index (χ0v) is 10.4. The molecule has 96 valence electrons. The molecule has 0 fully saturated rings. The van der Waals surface area contributed by atoms with Crippen LogP contribution in [0.25, 0.3) is 22.8 Å². The van der Waals surface area contributed by atoms with Gasteiger partial charge in [-0.05, 0) is 24.3 Å². The molecule has 0 aliphatic heterocycles. The summed E-state index contributed by atoms with van der Waals surface area (Å²) in [5, 5.41) is 3.95. The zero-order chi connectivity index (χ0) is 13.8. The SMILES string of the molecule is O=C=Nc1ccc(-c2nc(-c3ccccc3)no2)cc1. The third-order valence-electron chi connectivity index (χ3n) is 2.75. The first-order valence-corrected chi connectivity index (χ1v) is 5.94. The largest absolute Gasteiger partial charge is 0.334 e. The Hall–Kier alpha value is -3.04. The van der Waals surface area contributed by atoms with E-state index in [1.807, 2.05) is 30.3 Å². The first-order valence-electron chi connectivity index (χ1n) is 5.94. The molecule has 1 heterocycles. The van der Waals surface area contributed by atoms with Crippen LogP contribution in [0.1, 0.15) is 0 Å². The standard InChI is InChI=1S/C15H9N3O2/c19-10-16-13-8-6-12(7-9-13)15-17-14(18-20-15)11-4-2-1-3-5-11/h1-9H. The van der Waals surface area contributed by atoms with Crippen molar-refractivity contribution in [1.82, 2.24) is 10.1 Å². The first kappa shape index (κ1) is 12.0. The van der Waals surface area contributed by atoms with Gasteiger partial charge in [-0.1, -0.05) is 35.5 Å². The van der Waals surface area contributed by atoms with Crippen LogP contribution in [0.4, 0.5) is 5.69 Å². The van der Waals surface area contributed by atoms with Gasteiger partial charge in [-0.3, -0.25) is 0 Å². The summed E-state index contributed by atoms with van der Waals surface area (Å²) in [6, 6.07) is 16.5. The first-order chi connectivity index (χ1) is 9.86. The Labute approximate surface area is 114 Å². The summed E-state index contributed by atoms with van der Waals surface area (Å²) in [4.78, 5) is 18.0. The molecule has 0 aliphatic rings. The summed E-state index contributed by atoms with van der Waals surface area (Å²) in [6.07, 6.45) is 1.49. The van der Waals surface area contributed by atoms with E-state index < -0.39 is 0 Å². The molecule has 0 saturated carbocycles. The summed E-state index contributed by atoms with van der Waals surface area (Å²) in [5.41, 5.74) is 2.20. The van der Waals surface area contributed by atoms with E-state index in [1.165, 1.54) is 6.08 Å². The molecule has 5 heteroatoms. The molecule has 0 unspecified atom stereocenters. The number of nitrogens with zero attached hydrogens (tertiary/aromatic N) is 3. The van der Waals surface area contributed by atoms with Gasteiger partial charge >= 0.3 is 0 Å². The predicted octanol–water partition coefficient (Wildman–Crippen LogP) is 3.37. The van der Waals surface area contributed by atoms with Gasteiger partial charge in [0.2, 0.25) is 11.9 Å². The molecule has 0 saturated heterocycles. The number of hydrogen-bond acceptors (Lipinski definition) is 5. The molecule has 3 rings (SSSR count). The summed E-state index contributed by atoms with van der Waals surface area (Å²) in [7, 11) is 0. The van der Waals surface area contributed by atoms with Gasteiger partial charge < -0.3 is 4.52 Å². The Morgan fingerprint density at radius 2 is 1.70 bits per heavy atom. The number of rotatable bonds is 3. The average Bonchev–Trinajstić information content (AvgIpc) is 2.99. The van der Waals surface area contributed by atoms with Crippen LogP contribution in [0.2, 0.25) is 0 Å². The van der Waals surface area contributed by atoms with Crippen molar-refractivity contribution in [3.63, 3.8) is 0 Å². The van der Waals surface area contributed by atoms with E-state index in [2.05, 4.69) is 15.1 Å². The highest BCUT2D eigenvalue weighted by Gasteiger charge is 2.09. The molecule has 0 aliphatic carbocycles. The van der Waals surface area contributed by atoms with Crippen molar-refractivity contribution < 1.29 is 9.32 Å². The van der Waals surface area contributed by atoms with Crippen molar-refractivity contribution in [1.29, 1.82) is 0 Å². The Bertz CT molecular complexity index is 757. The minimum absolute atomic E-state index is 0.422. The van der Waals surface area contributed by atoms with Crippen LogP contribution in [0.3, 0.4) is 0 Å². The van der Waals surface area contributed by atoms with Gasteiger partial charge in [0, 0.05) is 11.1 Å². The van der Waals surface area contributed by atoms with E-state index in [1.54, 1.807) is 24.3 Å². The van der Waals surface area contributed by atoms with E-state index in [0.717, 1.165) is 11.1 Å². The van der Waals surface area contributed by atoms with Crippen LogP contribution in [-0.4, -0.2) is 16.2 Å². The van der Waals surface area contributed by atoms with Crippen LogP contribution in [0.5, 0.6) is 0 Å². The van der Waals surface area contributed by atoms with Gasteiger partial charge in [0.1, 0.15) is 0 Å². The second kappa shape index (κ2) is 5.30. The summed E-state index contributed by atoms with van der Waals surface area (Å²) < 4.78 is 5.24. The maximum atomic E-state index is 10.2. The second-order valence-electron chi connectivity index (χ2n) is 4.04. The Kier molecular flexibility index (Phi) is 3.18. The molecule has 0 amide bonds. The van der Waals surface area contributed by atoms with Crippen molar-refractivity contribution >= 4 is 11.8 Å². The third kappa shape index (κ3) is 2.39. The lowest BCUT2D eigenvalue weighted by Crippen LogP contribution is -1.80. The molecular formula is C15H9N3O2. The highest BCUT2D eigenvalue weighted by atomic mass is 16.5. The van der Waals surface area contributed by atoms with Crippen molar-refractivity contribution in [2.75, 3.05) is 0 Å². The maximum absolute atomic E-state index is 10.2. The lowest BCUT2D eigenvalue weighted by molar-refractivity contribution is 0.432. The molecule has 3 aromatic rings. The maximum Gasteiger partial charge on any atom is 0.258 e. The van der Waals surface area contributed by atoms with Gasteiger partial charge in [0.15, 0.2) is 0 Å². The molecule has 2 aromatic carbocycles. The highest BCUT2D eigenvalue weighted by molar-refractivity contribution is 5.62. The molecule has 1 aromatic heterocycles. The van der Waals surface area contributed by atoms with Crippen LogP contribution >= 0.6 is 0 Å². The van der Waals surface area contributed by atoms with Crippen LogP contribution in [-0.2, 0) is 4.79 Å². The molecule has 20 heavy (non-hydrogen) atoms. The van der Waals surface area contributed by atoms with Gasteiger partial charge in [-0.2, -0.15) is 9.98 Å². The van der Waals surface area contributed by atoms with Gasteiger partial charge in [0.25, 0.3) is 5.89 Å². The normalized spacial score (nSPS) is 10.0. The molecule has 0 radical (unpaired) electrons. The molecule has 0 bridgehead atoms. The van der Waals surface area contributed by atoms with E-state index in [-0.39, 0.29) is 0 Å². The minimum atomic E-state index is 0.422. The average molecular weight is 263 g/mol. The number of carbonyl (C=O) groups excluding carboxylic acids is 1. The van der Waals surface area contributed by atoms with E-state index in [0.29, 0.717) is 17.4 Å². The number of benzene rings is 2. The van der Waals surface area contributed by atoms with Gasteiger partial charge in [0.05, 0.1) is 5.69 Å². The Morgan fingerprint density at radius 3 is 2.40 bits per heavy atom. The quantitative estimate of drug-likeness (QED) is 0.536. The number of isocyanates is 1. The molecule has 0 atom stereocenters. The monoisotopic (exact) mass is 263 g/mol. The Balaban J connectivity index is 1.92. The fourth-order valence-corrected chi connectivity index (χ4v) is 1.78. The zero-order valence-electron chi connectivity index (χ0n) is 10.4. The van der Waals surface area contributed by atoms with Crippen molar-refractivity contribution in [2.24, 2.45) is 4.99 Å². The molecule has 5 nitrogen and oxygen atoms in total. The fraction of sp³-hybridized carbons (Fsp3) is 0. The van der Waals surface area contributed by atoms with Crippen molar-refractivity contribution in [3.8, 4) is 22.8 Å². The minimum Gasteiger partial charge on any atom is -0.334 e. The smallest absolute Gasteiger partial charge is 0.258 e. The third-order valence-corrected chi connectivity index (χ3v) is 2.75. The summed E-state index contributed by atoms with van der Waals surface area (Å²) in [6.45, 7) is 0. The van der Waals surface area contributed by atoms with Crippen LogP contribution < -0.4 is 0 Å². The van der Waals surface area contributed by atoms with Gasteiger partial charge in [-0.15, -0.1) is 0 Å². The summed E-state index contributed by atoms with van der Waals surface area (Å²) in [5.74, 6) is 0.959. The molecular weight excluding hydrogens is 254 g/mol. The molecule has 0 N–H and O–H groups in total. The lowest BCUT2D eigenvalue weighted by Gasteiger charge is -1.94. The Morgan fingerprint density at radius 1 is 0.950 bits per heavy atom. The fourth-order valence-electron chi connectivity index (χ4n) is 1.78. The number of hydrogen-bond donors (Lipinski definition) is 0. The highest BCUT2D eigenvalue weighted by Crippen LogP contribution is 2.23. The predicted molar refractivity (Wildman–Crippen MR) is 73.0 cm³/mol. The summed E-state index contributed by atoms with van der Waals surface area (Å²) >= 11 is 0. The van der Waals surface area contributed by atoms with Crippen molar-refractivity contribution in [3.05, 3.63) is 54.6 Å². The van der Waals surface area contributed by atoms with Crippen LogP contribution in [0, 0.1) is 0 Å². The number of aromatic nitrogens is 2. The number of aliphatic imine (C=N–C) groups is 1. The van der Waals surface area contributed by atoms with Crippen molar-refractivity contribution in [2.45, 2.75) is 0 Å². The van der Waals surface area contributed by atoms with E-state index >= 15 is 0 Å². The van der Waals surface area contributed by atoms with E-state index in [4.69, 9.17) is 4.52 Å². The van der Waals surface area contributed by atoms with Crippen LogP contribution in [0.15, 0.2) is 64.1 Å². The molecule has 0 spiro atoms. The van der Waals surface area contributed by atoms with E-state index in [9.17, 15) is 4.79 Å². The van der Waals surface area contributed by atoms with Gasteiger partial charge in [-0.25, -0.2) is 4.79 Å². The topological polar surface area (TPSA) is 68.3 Å². The lowest BCUT2D eigenvalue weighted by atomic mass is 10.2.